The number of aryl methyl sites for hydroxylation is 1. The Hall–Kier alpha value is -1.19. The molecule has 17 heavy (non-hydrogen) atoms. The number of thiazole rings is 1. The van der Waals surface area contributed by atoms with Gasteiger partial charge in [0.1, 0.15) is 5.01 Å². The van der Waals surface area contributed by atoms with Crippen LogP contribution in [0.5, 0.6) is 0 Å². The molecule has 0 bridgehead atoms. The molecule has 1 heterocycles. The molecule has 0 atom stereocenters. The number of hydrogen-bond acceptors (Lipinski definition) is 3. The molecule has 0 aliphatic rings. The summed E-state index contributed by atoms with van der Waals surface area (Å²) in [6.45, 7) is 6.61. The van der Waals surface area contributed by atoms with Gasteiger partial charge in [0.05, 0.1) is 0 Å². The molecule has 3 heteroatoms. The molecule has 0 spiro atoms. The number of aliphatic hydroxyl groups excluding tert-OH is 1. The molecule has 2 nitrogen and oxygen atoms in total. The van der Waals surface area contributed by atoms with Crippen LogP contribution in [-0.4, -0.2) is 16.7 Å². The van der Waals surface area contributed by atoms with Crippen molar-refractivity contribution in [3.8, 4) is 10.6 Å². The average molecular weight is 247 g/mol. The Labute approximate surface area is 106 Å². The highest BCUT2D eigenvalue weighted by Crippen LogP contribution is 2.30. The Morgan fingerprint density at radius 2 is 1.94 bits per heavy atom. The van der Waals surface area contributed by atoms with Crippen molar-refractivity contribution < 1.29 is 5.11 Å². The maximum Gasteiger partial charge on any atom is 0.123 e. The summed E-state index contributed by atoms with van der Waals surface area (Å²) in [5.74, 6) is 0. The summed E-state index contributed by atoms with van der Waals surface area (Å²) < 4.78 is 0. The van der Waals surface area contributed by atoms with Gasteiger partial charge in [0.25, 0.3) is 0 Å². The van der Waals surface area contributed by atoms with E-state index in [0.717, 1.165) is 9.88 Å². The molecule has 0 saturated heterocycles. The van der Waals surface area contributed by atoms with Gasteiger partial charge < -0.3 is 5.11 Å². The lowest BCUT2D eigenvalue weighted by Crippen LogP contribution is -1.89. The molecule has 1 N–H and O–H groups in total. The molecule has 2 aromatic rings. The van der Waals surface area contributed by atoms with E-state index in [1.54, 1.807) is 11.3 Å². The molecule has 1 aromatic carbocycles. The number of aromatic nitrogens is 1. The lowest BCUT2D eigenvalue weighted by Gasteiger charge is -2.08. The van der Waals surface area contributed by atoms with Crippen molar-refractivity contribution in [1.82, 2.24) is 4.98 Å². The van der Waals surface area contributed by atoms with Crippen LogP contribution in [0.1, 0.15) is 21.6 Å². The number of benzene rings is 1. The van der Waals surface area contributed by atoms with Crippen molar-refractivity contribution in [2.45, 2.75) is 27.2 Å². The number of hydrogen-bond donors (Lipinski definition) is 1. The van der Waals surface area contributed by atoms with Gasteiger partial charge in [0.15, 0.2) is 0 Å². The van der Waals surface area contributed by atoms with Gasteiger partial charge in [-0.2, -0.15) is 0 Å². The Morgan fingerprint density at radius 3 is 2.65 bits per heavy atom. The fourth-order valence-electron chi connectivity index (χ4n) is 1.85. The van der Waals surface area contributed by atoms with Gasteiger partial charge in [-0.3, -0.25) is 0 Å². The van der Waals surface area contributed by atoms with E-state index in [2.05, 4.69) is 37.9 Å². The Balaban J connectivity index is 2.42. The van der Waals surface area contributed by atoms with Gasteiger partial charge in [-0.05, 0) is 37.5 Å². The first-order chi connectivity index (χ1) is 8.13. The molecular formula is C14H17NOS. The normalized spacial score (nSPS) is 10.8. The van der Waals surface area contributed by atoms with E-state index in [0.29, 0.717) is 6.42 Å². The monoisotopic (exact) mass is 247 g/mol. The third-order valence-corrected chi connectivity index (χ3v) is 4.29. The summed E-state index contributed by atoms with van der Waals surface area (Å²) in [4.78, 5) is 5.58. The van der Waals surface area contributed by atoms with Gasteiger partial charge in [0, 0.05) is 29.7 Å². The summed E-state index contributed by atoms with van der Waals surface area (Å²) in [7, 11) is 0. The molecule has 0 unspecified atom stereocenters. The second-order valence-electron chi connectivity index (χ2n) is 4.29. The van der Waals surface area contributed by atoms with Crippen LogP contribution >= 0.6 is 11.3 Å². The van der Waals surface area contributed by atoms with Crippen LogP contribution in [0.15, 0.2) is 18.3 Å². The van der Waals surface area contributed by atoms with Crippen LogP contribution in [0.3, 0.4) is 0 Å². The highest BCUT2D eigenvalue weighted by molar-refractivity contribution is 7.15. The first-order valence-corrected chi connectivity index (χ1v) is 6.58. The minimum atomic E-state index is 0.188. The first kappa shape index (κ1) is 12.3. The third-order valence-electron chi connectivity index (χ3n) is 3.20. The smallest absolute Gasteiger partial charge is 0.123 e. The minimum absolute atomic E-state index is 0.188. The lowest BCUT2D eigenvalue weighted by molar-refractivity contribution is 0.300. The average Bonchev–Trinajstić information content (AvgIpc) is 2.75. The van der Waals surface area contributed by atoms with Gasteiger partial charge in [-0.25, -0.2) is 4.98 Å². The van der Waals surface area contributed by atoms with Crippen LogP contribution in [0.2, 0.25) is 0 Å². The van der Waals surface area contributed by atoms with Crippen molar-refractivity contribution in [2.24, 2.45) is 0 Å². The highest BCUT2D eigenvalue weighted by atomic mass is 32.1. The highest BCUT2D eigenvalue weighted by Gasteiger charge is 2.09. The van der Waals surface area contributed by atoms with E-state index in [1.807, 2.05) is 6.20 Å². The van der Waals surface area contributed by atoms with Gasteiger partial charge in [0.2, 0.25) is 0 Å². The van der Waals surface area contributed by atoms with Crippen molar-refractivity contribution in [2.75, 3.05) is 6.61 Å². The molecule has 1 aromatic heterocycles. The van der Waals surface area contributed by atoms with Crippen molar-refractivity contribution in [3.05, 3.63) is 39.9 Å². The van der Waals surface area contributed by atoms with Crippen molar-refractivity contribution in [3.63, 3.8) is 0 Å². The molecule has 0 amide bonds. The molecule has 0 aliphatic heterocycles. The molecule has 0 fully saturated rings. The maximum atomic E-state index is 8.91. The molecular weight excluding hydrogens is 230 g/mol. The van der Waals surface area contributed by atoms with Crippen molar-refractivity contribution >= 4 is 11.3 Å². The summed E-state index contributed by atoms with van der Waals surface area (Å²) in [6, 6.07) is 4.28. The lowest BCUT2D eigenvalue weighted by atomic mass is 9.99. The number of rotatable bonds is 3. The van der Waals surface area contributed by atoms with Gasteiger partial charge in [-0.1, -0.05) is 12.1 Å². The Bertz CT molecular complexity index is 531. The van der Waals surface area contributed by atoms with E-state index in [4.69, 9.17) is 5.11 Å². The van der Waals surface area contributed by atoms with E-state index in [-0.39, 0.29) is 6.61 Å². The van der Waals surface area contributed by atoms with Crippen LogP contribution in [0, 0.1) is 20.8 Å². The maximum absolute atomic E-state index is 8.91. The fourth-order valence-corrected chi connectivity index (χ4v) is 2.83. The minimum Gasteiger partial charge on any atom is -0.396 e. The van der Waals surface area contributed by atoms with Gasteiger partial charge >= 0.3 is 0 Å². The summed E-state index contributed by atoms with van der Waals surface area (Å²) in [5, 5.41) is 9.96. The topological polar surface area (TPSA) is 33.1 Å². The van der Waals surface area contributed by atoms with Crippen LogP contribution in [-0.2, 0) is 6.42 Å². The van der Waals surface area contributed by atoms with Crippen LogP contribution < -0.4 is 0 Å². The second-order valence-corrected chi connectivity index (χ2v) is 5.40. The molecule has 0 radical (unpaired) electrons. The van der Waals surface area contributed by atoms with Crippen LogP contribution in [0.25, 0.3) is 10.6 Å². The third kappa shape index (κ3) is 2.40. The standard InChI is InChI=1S/C14H17NOS/c1-9-4-5-13(11(3)10(9)2)14-15-8-12(17-14)6-7-16/h4-5,8,16H,6-7H2,1-3H3. The molecule has 0 saturated carbocycles. The van der Waals surface area contributed by atoms with Gasteiger partial charge in [-0.15, -0.1) is 11.3 Å². The zero-order valence-corrected chi connectivity index (χ0v) is 11.3. The van der Waals surface area contributed by atoms with Crippen LogP contribution in [0.4, 0.5) is 0 Å². The predicted octanol–water partition coefficient (Wildman–Crippen LogP) is 3.27. The molecule has 90 valence electrons. The zero-order chi connectivity index (χ0) is 12.4. The van der Waals surface area contributed by atoms with Crippen molar-refractivity contribution in [1.29, 1.82) is 0 Å². The predicted molar refractivity (Wildman–Crippen MR) is 72.6 cm³/mol. The zero-order valence-electron chi connectivity index (χ0n) is 10.4. The summed E-state index contributed by atoms with van der Waals surface area (Å²) >= 11 is 1.67. The Morgan fingerprint density at radius 1 is 1.18 bits per heavy atom. The molecule has 2 rings (SSSR count). The van der Waals surface area contributed by atoms with E-state index >= 15 is 0 Å². The first-order valence-electron chi connectivity index (χ1n) is 5.76. The Kier molecular flexibility index (Phi) is 3.60. The number of aliphatic hydroxyl groups is 1. The second kappa shape index (κ2) is 4.98. The fraction of sp³-hybridized carbons (Fsp3) is 0.357. The summed E-state index contributed by atoms with van der Waals surface area (Å²) in [5.41, 5.74) is 5.16. The SMILES string of the molecule is Cc1ccc(-c2ncc(CCO)s2)c(C)c1C. The number of nitrogens with zero attached hydrogens (tertiary/aromatic N) is 1. The molecule has 0 aliphatic carbocycles. The summed E-state index contributed by atoms with van der Waals surface area (Å²) in [6.07, 6.45) is 2.56. The van der Waals surface area contributed by atoms with E-state index < -0.39 is 0 Å². The quantitative estimate of drug-likeness (QED) is 0.903. The van der Waals surface area contributed by atoms with E-state index in [9.17, 15) is 0 Å². The van der Waals surface area contributed by atoms with E-state index in [1.165, 1.54) is 22.3 Å². The largest absolute Gasteiger partial charge is 0.396 e.